The number of carboxylic acid groups (broad SMARTS) is 1. The Bertz CT molecular complexity index is 468. The number of nitrogens with one attached hydrogen (secondary N) is 1. The second-order valence-electron chi connectivity index (χ2n) is 4.45. The van der Waals surface area contributed by atoms with E-state index in [9.17, 15) is 9.18 Å². The van der Waals surface area contributed by atoms with Gasteiger partial charge in [0.15, 0.2) is 0 Å². The van der Waals surface area contributed by atoms with Gasteiger partial charge in [0.2, 0.25) is 0 Å². The van der Waals surface area contributed by atoms with Crippen LogP contribution >= 0.6 is 0 Å². The van der Waals surface area contributed by atoms with Crippen molar-refractivity contribution in [2.24, 2.45) is 0 Å². The molecule has 0 aliphatic heterocycles. The molecule has 1 aromatic carbocycles. The molecular weight excluding hydrogens is 265 g/mol. The van der Waals surface area contributed by atoms with Gasteiger partial charge in [-0.1, -0.05) is 0 Å². The van der Waals surface area contributed by atoms with Gasteiger partial charge in [-0.05, 0) is 19.2 Å². The smallest absolute Gasteiger partial charge is 0.338 e. The van der Waals surface area contributed by atoms with Gasteiger partial charge in [0.25, 0.3) is 0 Å². The normalized spacial score (nSPS) is 10.8. The Morgan fingerprint density at radius 1 is 1.50 bits per heavy atom. The van der Waals surface area contributed by atoms with Crippen molar-refractivity contribution in [1.29, 1.82) is 0 Å². The number of nitrogens with zero attached hydrogens (tertiary/aromatic N) is 1. The van der Waals surface area contributed by atoms with Crippen LogP contribution in [0.25, 0.3) is 0 Å². The molecule has 112 valence electrons. The number of carbonyl (C=O) groups is 1. The lowest BCUT2D eigenvalue weighted by Crippen LogP contribution is -2.28. The maximum absolute atomic E-state index is 13.5. The Balaban J connectivity index is 2.56. The zero-order chi connectivity index (χ0) is 15.1. The number of nitrogens with two attached hydrogens (primary N) is 1. The van der Waals surface area contributed by atoms with E-state index in [2.05, 4.69) is 10.2 Å². The third-order valence-electron chi connectivity index (χ3n) is 2.86. The molecule has 0 bridgehead atoms. The maximum Gasteiger partial charge on any atom is 0.338 e. The minimum absolute atomic E-state index is 0.211. The first-order valence-electron chi connectivity index (χ1n) is 6.19. The van der Waals surface area contributed by atoms with Gasteiger partial charge in [0.05, 0.1) is 23.5 Å². The van der Waals surface area contributed by atoms with E-state index < -0.39 is 17.3 Å². The van der Waals surface area contributed by atoms with Gasteiger partial charge in [-0.3, -0.25) is 0 Å². The summed E-state index contributed by atoms with van der Waals surface area (Å²) in [5, 5.41) is 11.8. The quantitative estimate of drug-likeness (QED) is 0.620. The van der Waals surface area contributed by atoms with Crippen LogP contribution in [0.5, 0.6) is 0 Å². The molecule has 20 heavy (non-hydrogen) atoms. The number of rotatable bonds is 8. The standard InChI is InChI=1S/C13H20FN3O3/c1-17(5-6-20-2)4-3-16-12-8-10(14)9(13(18)19)7-11(12)15/h7-8,16H,3-6,15H2,1-2H3,(H,18,19). The Kier molecular flexibility index (Phi) is 6.20. The predicted octanol–water partition coefficient (Wildman–Crippen LogP) is 1.10. The average molecular weight is 285 g/mol. The molecule has 0 saturated carbocycles. The Labute approximate surface area is 117 Å². The van der Waals surface area contributed by atoms with Crippen LogP contribution in [-0.4, -0.2) is 56.4 Å². The number of carboxylic acids is 1. The molecule has 0 aliphatic carbocycles. The van der Waals surface area contributed by atoms with E-state index in [0.29, 0.717) is 18.8 Å². The van der Waals surface area contributed by atoms with Crippen LogP contribution in [0.3, 0.4) is 0 Å². The van der Waals surface area contributed by atoms with Crippen molar-refractivity contribution in [1.82, 2.24) is 4.90 Å². The number of hydrogen-bond acceptors (Lipinski definition) is 5. The highest BCUT2D eigenvalue weighted by molar-refractivity contribution is 5.90. The first-order chi connectivity index (χ1) is 9.45. The second-order valence-corrected chi connectivity index (χ2v) is 4.45. The number of likely N-dealkylation sites (N-methyl/N-ethyl adjacent to an activating group) is 1. The van der Waals surface area contributed by atoms with Crippen molar-refractivity contribution < 1.29 is 19.0 Å². The molecule has 0 saturated heterocycles. The Morgan fingerprint density at radius 3 is 2.80 bits per heavy atom. The summed E-state index contributed by atoms with van der Waals surface area (Å²) in [6.45, 7) is 2.72. The third kappa shape index (κ3) is 4.67. The molecule has 0 spiro atoms. The van der Waals surface area contributed by atoms with E-state index in [4.69, 9.17) is 15.6 Å². The van der Waals surface area contributed by atoms with E-state index in [1.165, 1.54) is 0 Å². The lowest BCUT2D eigenvalue weighted by Gasteiger charge is -2.17. The van der Waals surface area contributed by atoms with Crippen molar-refractivity contribution in [3.63, 3.8) is 0 Å². The molecular formula is C13H20FN3O3. The van der Waals surface area contributed by atoms with Crippen LogP contribution in [-0.2, 0) is 4.74 Å². The molecule has 0 heterocycles. The molecule has 1 aromatic rings. The highest BCUT2D eigenvalue weighted by Crippen LogP contribution is 2.22. The molecule has 0 unspecified atom stereocenters. The van der Waals surface area contributed by atoms with Gasteiger partial charge in [-0.15, -0.1) is 0 Å². The van der Waals surface area contributed by atoms with E-state index >= 15 is 0 Å². The van der Waals surface area contributed by atoms with Crippen molar-refractivity contribution in [2.45, 2.75) is 0 Å². The van der Waals surface area contributed by atoms with Crippen LogP contribution in [0.1, 0.15) is 10.4 Å². The number of methoxy groups -OCH3 is 1. The fraction of sp³-hybridized carbons (Fsp3) is 0.462. The zero-order valence-corrected chi connectivity index (χ0v) is 11.6. The molecule has 1 rings (SSSR count). The molecule has 7 heteroatoms. The third-order valence-corrected chi connectivity index (χ3v) is 2.86. The lowest BCUT2D eigenvalue weighted by molar-refractivity contribution is 0.0692. The van der Waals surface area contributed by atoms with Gasteiger partial charge in [0, 0.05) is 26.7 Å². The van der Waals surface area contributed by atoms with Crippen molar-refractivity contribution in [3.05, 3.63) is 23.5 Å². The average Bonchev–Trinajstić information content (AvgIpc) is 2.39. The topological polar surface area (TPSA) is 87.8 Å². The monoisotopic (exact) mass is 285 g/mol. The number of halogens is 1. The van der Waals surface area contributed by atoms with Gasteiger partial charge >= 0.3 is 5.97 Å². The van der Waals surface area contributed by atoms with Gasteiger partial charge in [0.1, 0.15) is 5.82 Å². The van der Waals surface area contributed by atoms with Crippen LogP contribution in [0.15, 0.2) is 12.1 Å². The van der Waals surface area contributed by atoms with E-state index in [0.717, 1.165) is 25.2 Å². The molecule has 0 amide bonds. The molecule has 4 N–H and O–H groups in total. The van der Waals surface area contributed by atoms with Crippen LogP contribution in [0.2, 0.25) is 0 Å². The van der Waals surface area contributed by atoms with Crippen LogP contribution in [0, 0.1) is 5.82 Å². The van der Waals surface area contributed by atoms with Gasteiger partial charge in [-0.25, -0.2) is 9.18 Å². The summed E-state index contributed by atoms with van der Waals surface area (Å²) >= 11 is 0. The summed E-state index contributed by atoms with van der Waals surface area (Å²) in [5.74, 6) is -2.14. The SMILES string of the molecule is COCCN(C)CCNc1cc(F)c(C(=O)O)cc1N. The Morgan fingerprint density at radius 2 is 2.20 bits per heavy atom. The molecule has 0 fully saturated rings. The predicted molar refractivity (Wildman–Crippen MR) is 75.6 cm³/mol. The summed E-state index contributed by atoms with van der Waals surface area (Å²) in [5.41, 5.74) is 5.88. The molecule has 0 atom stereocenters. The highest BCUT2D eigenvalue weighted by Gasteiger charge is 2.13. The van der Waals surface area contributed by atoms with Crippen molar-refractivity contribution in [3.8, 4) is 0 Å². The number of benzene rings is 1. The number of anilines is 2. The molecule has 0 aromatic heterocycles. The first kappa shape index (κ1) is 16.2. The summed E-state index contributed by atoms with van der Waals surface area (Å²) in [7, 11) is 3.58. The maximum atomic E-state index is 13.5. The fourth-order valence-electron chi connectivity index (χ4n) is 1.65. The first-order valence-corrected chi connectivity index (χ1v) is 6.19. The van der Waals surface area contributed by atoms with E-state index in [-0.39, 0.29) is 5.69 Å². The summed E-state index contributed by atoms with van der Waals surface area (Å²) in [4.78, 5) is 12.8. The molecule has 0 aliphatic rings. The summed E-state index contributed by atoms with van der Waals surface area (Å²) < 4.78 is 18.5. The summed E-state index contributed by atoms with van der Waals surface area (Å²) in [6, 6.07) is 2.22. The largest absolute Gasteiger partial charge is 0.478 e. The number of hydrogen-bond donors (Lipinski definition) is 3. The Hall–Kier alpha value is -1.86. The zero-order valence-electron chi connectivity index (χ0n) is 11.6. The minimum Gasteiger partial charge on any atom is -0.478 e. The van der Waals surface area contributed by atoms with E-state index in [1.54, 1.807) is 7.11 Å². The van der Waals surface area contributed by atoms with E-state index in [1.807, 2.05) is 7.05 Å². The van der Waals surface area contributed by atoms with Crippen molar-refractivity contribution in [2.75, 3.05) is 51.4 Å². The second kappa shape index (κ2) is 7.66. The number of aromatic carboxylic acids is 1. The molecule has 0 radical (unpaired) electrons. The minimum atomic E-state index is -1.33. The highest BCUT2D eigenvalue weighted by atomic mass is 19.1. The lowest BCUT2D eigenvalue weighted by atomic mass is 10.1. The molecule has 6 nitrogen and oxygen atoms in total. The fourth-order valence-corrected chi connectivity index (χ4v) is 1.65. The van der Waals surface area contributed by atoms with Crippen molar-refractivity contribution >= 4 is 17.3 Å². The van der Waals surface area contributed by atoms with Gasteiger partial charge in [-0.2, -0.15) is 0 Å². The number of ether oxygens (including phenoxy) is 1. The van der Waals surface area contributed by atoms with Crippen LogP contribution < -0.4 is 11.1 Å². The number of nitrogen functional groups attached to an aromatic ring is 1. The van der Waals surface area contributed by atoms with Crippen LogP contribution in [0.4, 0.5) is 15.8 Å². The summed E-state index contributed by atoms with van der Waals surface area (Å²) in [6.07, 6.45) is 0. The van der Waals surface area contributed by atoms with Gasteiger partial charge < -0.3 is 25.8 Å².